The number of likely N-dealkylation sites (N-methyl/N-ethyl adjacent to an activating group) is 1. The highest BCUT2D eigenvalue weighted by Crippen LogP contribution is 2.41. The van der Waals surface area contributed by atoms with Crippen molar-refractivity contribution in [3.8, 4) is 0 Å². The van der Waals surface area contributed by atoms with Gasteiger partial charge in [0.05, 0.1) is 0 Å². The Morgan fingerprint density at radius 1 is 1.25 bits per heavy atom. The average Bonchev–Trinajstić information content (AvgIpc) is 3.31. The lowest BCUT2D eigenvalue weighted by Gasteiger charge is -2.49. The first kappa shape index (κ1) is 19.4. The van der Waals surface area contributed by atoms with Gasteiger partial charge in [-0.25, -0.2) is 4.98 Å². The zero-order chi connectivity index (χ0) is 19.7. The van der Waals surface area contributed by atoms with Crippen LogP contribution in [-0.2, 0) is 16.0 Å². The van der Waals surface area contributed by atoms with Crippen molar-refractivity contribution in [1.29, 1.82) is 0 Å². The molecule has 154 valence electrons. The summed E-state index contributed by atoms with van der Waals surface area (Å²) >= 11 is 0. The minimum Gasteiger partial charge on any atom is -0.343 e. The normalized spacial score (nSPS) is 25.6. The maximum Gasteiger partial charge on any atom is 0.223 e. The number of nitrogens with one attached hydrogen (secondary N) is 1. The molecule has 4 heterocycles. The van der Waals surface area contributed by atoms with Gasteiger partial charge in [0.2, 0.25) is 11.8 Å². The molecule has 3 aliphatic heterocycles. The Bertz CT molecular complexity index is 724. The Morgan fingerprint density at radius 3 is 2.68 bits per heavy atom. The molecule has 3 aliphatic rings. The van der Waals surface area contributed by atoms with Crippen LogP contribution in [0.3, 0.4) is 0 Å². The molecule has 3 saturated heterocycles. The molecule has 1 N–H and O–H groups in total. The molecule has 28 heavy (non-hydrogen) atoms. The highest BCUT2D eigenvalue weighted by molar-refractivity contribution is 5.78. The fraction of sp³-hybridized carbons (Fsp3) is 0.800. The van der Waals surface area contributed by atoms with E-state index < -0.39 is 0 Å². The highest BCUT2D eigenvalue weighted by atomic mass is 16.2. The smallest absolute Gasteiger partial charge is 0.223 e. The van der Waals surface area contributed by atoms with E-state index in [0.29, 0.717) is 37.0 Å². The van der Waals surface area contributed by atoms with E-state index in [1.165, 1.54) is 0 Å². The molecule has 0 aliphatic carbocycles. The van der Waals surface area contributed by atoms with Gasteiger partial charge < -0.3 is 14.7 Å². The number of piperidine rings is 2. The Labute approximate surface area is 166 Å². The molecule has 1 aromatic rings. The first-order valence-electron chi connectivity index (χ1n) is 10.6. The lowest BCUT2D eigenvalue weighted by atomic mass is 9.72. The number of nitrogens with zero attached hydrogens (tertiary/aromatic N) is 5. The highest BCUT2D eigenvalue weighted by Gasteiger charge is 2.44. The Hall–Kier alpha value is -1.96. The number of aromatic nitrogens is 3. The molecular formula is C20H32N6O2. The van der Waals surface area contributed by atoms with Crippen molar-refractivity contribution in [1.82, 2.24) is 29.9 Å². The maximum atomic E-state index is 12.6. The largest absolute Gasteiger partial charge is 0.343 e. The minimum absolute atomic E-state index is 0.193. The van der Waals surface area contributed by atoms with E-state index in [0.717, 1.165) is 64.2 Å². The monoisotopic (exact) mass is 388 g/mol. The summed E-state index contributed by atoms with van der Waals surface area (Å²) in [5.74, 6) is 2.01. The van der Waals surface area contributed by atoms with Crippen LogP contribution < -0.4 is 0 Å². The Morgan fingerprint density at radius 2 is 2.04 bits per heavy atom. The molecule has 1 spiro atoms. The first-order chi connectivity index (χ1) is 13.4. The summed E-state index contributed by atoms with van der Waals surface area (Å²) in [4.78, 5) is 35.9. The van der Waals surface area contributed by atoms with E-state index in [-0.39, 0.29) is 11.3 Å². The van der Waals surface area contributed by atoms with Crippen LogP contribution in [0.15, 0.2) is 0 Å². The van der Waals surface area contributed by atoms with E-state index in [2.05, 4.69) is 32.0 Å². The van der Waals surface area contributed by atoms with E-state index >= 15 is 0 Å². The quantitative estimate of drug-likeness (QED) is 0.831. The number of likely N-dealkylation sites (tertiary alicyclic amines) is 3. The molecule has 0 aromatic carbocycles. The number of aromatic amines is 1. The lowest BCUT2D eigenvalue weighted by molar-refractivity contribution is -0.144. The van der Waals surface area contributed by atoms with Crippen molar-refractivity contribution in [3.05, 3.63) is 11.6 Å². The molecule has 0 saturated carbocycles. The number of hydrogen-bond donors (Lipinski definition) is 1. The van der Waals surface area contributed by atoms with Crippen LogP contribution in [0.4, 0.5) is 0 Å². The number of rotatable bonds is 4. The predicted octanol–water partition coefficient (Wildman–Crippen LogP) is 0.981. The van der Waals surface area contributed by atoms with Crippen molar-refractivity contribution in [3.63, 3.8) is 0 Å². The fourth-order valence-electron chi connectivity index (χ4n) is 5.06. The van der Waals surface area contributed by atoms with E-state index in [9.17, 15) is 9.59 Å². The molecule has 2 amide bonds. The van der Waals surface area contributed by atoms with E-state index in [1.807, 2.05) is 11.8 Å². The summed E-state index contributed by atoms with van der Waals surface area (Å²) in [6.07, 6.45) is 5.78. The van der Waals surface area contributed by atoms with Crippen molar-refractivity contribution in [2.45, 2.75) is 57.9 Å². The zero-order valence-electron chi connectivity index (χ0n) is 17.1. The third-order valence-electron chi connectivity index (χ3n) is 6.89. The molecule has 8 heteroatoms. The van der Waals surface area contributed by atoms with Crippen molar-refractivity contribution in [2.24, 2.45) is 5.41 Å². The molecule has 8 nitrogen and oxygen atoms in total. The first-order valence-corrected chi connectivity index (χ1v) is 10.6. The SMILES string of the molecule is Cc1nc(CCC(=O)N2CCC3(CCC(=O)N([C@H]4CCN(C)C4)C3)CC2)n[nH]1. The molecule has 1 aromatic heterocycles. The van der Waals surface area contributed by atoms with Crippen LogP contribution in [0.1, 0.15) is 50.2 Å². The van der Waals surface area contributed by atoms with E-state index in [1.54, 1.807) is 0 Å². The summed E-state index contributed by atoms with van der Waals surface area (Å²) in [5.41, 5.74) is 0.201. The lowest BCUT2D eigenvalue weighted by Crippen LogP contribution is -2.55. The Balaban J connectivity index is 1.30. The second-order valence-electron chi connectivity index (χ2n) is 8.94. The van der Waals surface area contributed by atoms with Gasteiger partial charge in [-0.05, 0) is 51.6 Å². The number of amides is 2. The summed E-state index contributed by atoms with van der Waals surface area (Å²) < 4.78 is 0. The third-order valence-corrected chi connectivity index (χ3v) is 6.89. The second-order valence-corrected chi connectivity index (χ2v) is 8.94. The standard InChI is InChI=1S/C20H32N6O2/c1-15-21-17(23-22-15)3-4-18(27)25-11-8-20(9-12-25)7-5-19(28)26(14-20)16-6-10-24(2)13-16/h16H,3-14H2,1-2H3,(H,21,22,23)/t16-/m0/s1. The van der Waals surface area contributed by atoms with Gasteiger partial charge in [-0.2, -0.15) is 5.10 Å². The molecule has 0 unspecified atom stereocenters. The third kappa shape index (κ3) is 4.06. The summed E-state index contributed by atoms with van der Waals surface area (Å²) in [6, 6.07) is 0.374. The van der Waals surface area contributed by atoms with E-state index in [4.69, 9.17) is 0 Å². The number of carbonyl (C=O) groups excluding carboxylic acids is 2. The maximum absolute atomic E-state index is 12.6. The van der Waals surface area contributed by atoms with Gasteiger partial charge in [-0.15, -0.1) is 0 Å². The van der Waals surface area contributed by atoms with Crippen LogP contribution in [0.2, 0.25) is 0 Å². The molecular weight excluding hydrogens is 356 g/mol. The van der Waals surface area contributed by atoms with Gasteiger partial charge in [-0.3, -0.25) is 14.7 Å². The van der Waals surface area contributed by atoms with Crippen LogP contribution >= 0.6 is 0 Å². The van der Waals surface area contributed by atoms with Gasteiger partial charge in [-0.1, -0.05) is 0 Å². The van der Waals surface area contributed by atoms with Crippen molar-refractivity contribution < 1.29 is 9.59 Å². The van der Waals surface area contributed by atoms with Crippen LogP contribution in [0, 0.1) is 12.3 Å². The summed E-state index contributed by atoms with van der Waals surface area (Å²) in [5, 5.41) is 6.93. The molecule has 0 bridgehead atoms. The number of carbonyl (C=O) groups is 2. The van der Waals surface area contributed by atoms with Gasteiger partial charge in [0.1, 0.15) is 5.82 Å². The molecule has 3 fully saturated rings. The van der Waals surface area contributed by atoms with Gasteiger partial charge >= 0.3 is 0 Å². The second kappa shape index (κ2) is 7.81. The van der Waals surface area contributed by atoms with Gasteiger partial charge in [0.15, 0.2) is 5.82 Å². The number of aryl methyl sites for hydroxylation is 2. The topological polar surface area (TPSA) is 85.4 Å². The molecule has 1 atom stereocenters. The van der Waals surface area contributed by atoms with Crippen LogP contribution in [0.25, 0.3) is 0 Å². The molecule has 4 rings (SSSR count). The minimum atomic E-state index is 0.193. The van der Waals surface area contributed by atoms with Crippen molar-refractivity contribution in [2.75, 3.05) is 39.8 Å². The number of H-pyrrole nitrogens is 1. The fourth-order valence-corrected chi connectivity index (χ4v) is 5.06. The molecule has 0 radical (unpaired) electrons. The Kier molecular flexibility index (Phi) is 5.40. The van der Waals surface area contributed by atoms with Gasteiger partial charge in [0, 0.05) is 51.5 Å². The zero-order valence-corrected chi connectivity index (χ0v) is 17.1. The predicted molar refractivity (Wildman–Crippen MR) is 105 cm³/mol. The van der Waals surface area contributed by atoms with Crippen LogP contribution in [0.5, 0.6) is 0 Å². The van der Waals surface area contributed by atoms with Crippen LogP contribution in [-0.4, -0.2) is 87.5 Å². The average molecular weight is 389 g/mol. The van der Waals surface area contributed by atoms with Crippen molar-refractivity contribution >= 4 is 11.8 Å². The summed E-state index contributed by atoms with van der Waals surface area (Å²) in [6.45, 7) is 6.42. The van der Waals surface area contributed by atoms with Gasteiger partial charge in [0.25, 0.3) is 0 Å². The number of hydrogen-bond acceptors (Lipinski definition) is 5. The summed E-state index contributed by atoms with van der Waals surface area (Å²) in [7, 11) is 2.13.